The Morgan fingerprint density at radius 3 is 1.17 bits per heavy atom. The molecule has 0 unspecified atom stereocenters. The molecule has 0 amide bonds. The molecule has 0 saturated carbocycles. The summed E-state index contributed by atoms with van der Waals surface area (Å²) in [5.41, 5.74) is 5.47. The summed E-state index contributed by atoms with van der Waals surface area (Å²) in [4.78, 5) is 0. The Kier molecular flexibility index (Phi) is 28.7. The predicted octanol–water partition coefficient (Wildman–Crippen LogP) is 7.59. The molecule has 0 spiro atoms. The molecule has 0 aliphatic carbocycles. The van der Waals surface area contributed by atoms with Crippen LogP contribution in [0.1, 0.15) is 142 Å². The largest absolute Gasteiger partial charge is 0.397 e. The van der Waals surface area contributed by atoms with E-state index in [2.05, 4.69) is 18.0 Å². The quantitative estimate of drug-likeness (QED) is 0.131. The van der Waals surface area contributed by atoms with Crippen LogP contribution in [-0.4, -0.2) is 26.1 Å². The molecular weight excluding hydrogens is 398 g/mol. The monoisotopic (exact) mass is 451 g/mol. The van der Waals surface area contributed by atoms with Gasteiger partial charge in [0.05, 0.1) is 6.61 Å². The molecule has 0 bridgehead atoms. The van der Waals surface area contributed by atoms with Crippen molar-refractivity contribution in [3.63, 3.8) is 0 Å². The zero-order chi connectivity index (χ0) is 22.8. The van der Waals surface area contributed by atoms with Crippen molar-refractivity contribution in [3.05, 3.63) is 0 Å². The Morgan fingerprint density at radius 2 is 0.867 bits per heavy atom. The fraction of sp³-hybridized carbons (Fsp3) is 1.00. The van der Waals surface area contributed by atoms with Crippen LogP contribution in [0, 0.1) is 0 Å². The van der Waals surface area contributed by atoms with Crippen LogP contribution < -0.4 is 5.73 Å². The van der Waals surface area contributed by atoms with Crippen LogP contribution in [0.4, 0.5) is 0 Å². The van der Waals surface area contributed by atoms with E-state index in [9.17, 15) is 8.42 Å². The molecule has 0 atom stereocenters. The van der Waals surface area contributed by atoms with E-state index in [-0.39, 0.29) is 6.61 Å². The molecular formula is C24H53NO4S. The highest BCUT2D eigenvalue weighted by atomic mass is 32.3. The van der Waals surface area contributed by atoms with Gasteiger partial charge in [-0.05, 0) is 19.4 Å². The highest BCUT2D eigenvalue weighted by molar-refractivity contribution is 7.80. The highest BCUT2D eigenvalue weighted by Gasteiger charge is 2.02. The van der Waals surface area contributed by atoms with Gasteiger partial charge in [0, 0.05) is 0 Å². The first-order valence-electron chi connectivity index (χ1n) is 12.8. The lowest BCUT2D eigenvalue weighted by Gasteiger charge is -2.02. The van der Waals surface area contributed by atoms with E-state index in [1.807, 2.05) is 0 Å². The molecule has 3 N–H and O–H groups in total. The first-order chi connectivity index (χ1) is 14.5. The maximum atomic E-state index is 10.1. The van der Waals surface area contributed by atoms with E-state index in [4.69, 9.17) is 10.3 Å². The van der Waals surface area contributed by atoms with Crippen molar-refractivity contribution in [3.8, 4) is 0 Å². The minimum Gasteiger partial charge on any atom is -0.330 e. The summed E-state index contributed by atoms with van der Waals surface area (Å²) < 4.78 is 32.6. The summed E-state index contributed by atoms with van der Waals surface area (Å²) in [5.74, 6) is 0. The summed E-state index contributed by atoms with van der Waals surface area (Å²) in [6, 6.07) is 0. The zero-order valence-corrected chi connectivity index (χ0v) is 21.0. The van der Waals surface area contributed by atoms with Gasteiger partial charge in [-0.2, -0.15) is 8.42 Å². The van der Waals surface area contributed by atoms with Gasteiger partial charge >= 0.3 is 10.4 Å². The van der Waals surface area contributed by atoms with Crippen LogP contribution in [0.5, 0.6) is 0 Å². The van der Waals surface area contributed by atoms with Gasteiger partial charge in [0.15, 0.2) is 0 Å². The van der Waals surface area contributed by atoms with Crippen LogP contribution >= 0.6 is 0 Å². The minimum absolute atomic E-state index is 0.0883. The fourth-order valence-electron chi connectivity index (χ4n) is 3.39. The molecule has 0 aromatic rings. The summed E-state index contributed by atoms with van der Waals surface area (Å²) in [5, 5.41) is 0. The smallest absolute Gasteiger partial charge is 0.330 e. The van der Waals surface area contributed by atoms with Crippen molar-refractivity contribution in [1.82, 2.24) is 0 Å². The average Bonchev–Trinajstić information content (AvgIpc) is 2.70. The topological polar surface area (TPSA) is 89.6 Å². The maximum Gasteiger partial charge on any atom is 0.397 e. The van der Waals surface area contributed by atoms with Gasteiger partial charge in [0.2, 0.25) is 0 Å². The van der Waals surface area contributed by atoms with Gasteiger partial charge in [-0.1, -0.05) is 129 Å². The molecule has 0 heterocycles. The van der Waals surface area contributed by atoms with Crippen molar-refractivity contribution in [2.75, 3.05) is 13.2 Å². The summed E-state index contributed by atoms with van der Waals surface area (Å²) >= 11 is 0. The standard InChI is InChI=1S/C16H35N.C8H18O4S/c1-2-3-4-5-6-7-8-9-10-11-12-13-14-15-16-17;1-2-3-4-5-6-7-8-12-13(9,10)11/h2-17H2,1H3;2-8H2,1H3,(H,9,10,11). The van der Waals surface area contributed by atoms with E-state index >= 15 is 0 Å². The number of unbranched alkanes of at least 4 members (excludes halogenated alkanes) is 18. The third kappa shape index (κ3) is 35.3. The second kappa shape index (κ2) is 26.9. The molecule has 6 heteroatoms. The Bertz CT molecular complexity index is 388. The lowest BCUT2D eigenvalue weighted by molar-refractivity contribution is 0.261. The number of nitrogens with two attached hydrogens (primary N) is 1. The molecule has 184 valence electrons. The molecule has 0 saturated heterocycles. The van der Waals surface area contributed by atoms with E-state index in [1.165, 1.54) is 109 Å². The average molecular weight is 452 g/mol. The summed E-state index contributed by atoms with van der Waals surface area (Å²) in [7, 11) is -4.22. The molecule has 0 aliphatic rings. The van der Waals surface area contributed by atoms with E-state index in [0.717, 1.165) is 19.4 Å². The van der Waals surface area contributed by atoms with Gasteiger partial charge in [0.25, 0.3) is 0 Å². The van der Waals surface area contributed by atoms with Crippen LogP contribution in [0.25, 0.3) is 0 Å². The number of hydrogen-bond donors (Lipinski definition) is 2. The minimum atomic E-state index is -4.22. The molecule has 0 rings (SSSR count). The first kappa shape index (κ1) is 32.0. The third-order valence-electron chi connectivity index (χ3n) is 5.29. The zero-order valence-electron chi connectivity index (χ0n) is 20.2. The molecule has 30 heavy (non-hydrogen) atoms. The molecule has 0 aromatic heterocycles. The second-order valence-electron chi connectivity index (χ2n) is 8.40. The lowest BCUT2D eigenvalue weighted by atomic mass is 10.0. The van der Waals surface area contributed by atoms with Crippen molar-refractivity contribution in [2.45, 2.75) is 142 Å². The molecule has 0 fully saturated rings. The normalized spacial score (nSPS) is 11.3. The van der Waals surface area contributed by atoms with Crippen molar-refractivity contribution < 1.29 is 17.2 Å². The van der Waals surface area contributed by atoms with E-state index in [0.29, 0.717) is 6.42 Å². The molecule has 0 aromatic carbocycles. The summed E-state index contributed by atoms with van der Waals surface area (Å²) in [6.45, 7) is 5.39. The van der Waals surface area contributed by atoms with Gasteiger partial charge in [-0.3, -0.25) is 4.55 Å². The fourth-order valence-corrected chi connectivity index (χ4v) is 3.71. The lowest BCUT2D eigenvalue weighted by Crippen LogP contribution is -2.04. The Morgan fingerprint density at radius 1 is 0.567 bits per heavy atom. The van der Waals surface area contributed by atoms with Crippen molar-refractivity contribution in [1.29, 1.82) is 0 Å². The molecule has 5 nitrogen and oxygen atoms in total. The molecule has 0 radical (unpaired) electrons. The Balaban J connectivity index is 0. The Hall–Kier alpha value is -0.170. The Labute approximate surface area is 188 Å². The molecule has 0 aliphatic heterocycles. The van der Waals surface area contributed by atoms with Crippen molar-refractivity contribution in [2.24, 2.45) is 5.73 Å². The van der Waals surface area contributed by atoms with Crippen LogP contribution in [0.2, 0.25) is 0 Å². The van der Waals surface area contributed by atoms with Crippen LogP contribution in [0.15, 0.2) is 0 Å². The van der Waals surface area contributed by atoms with Gasteiger partial charge in [-0.25, -0.2) is 4.18 Å². The highest BCUT2D eigenvalue weighted by Crippen LogP contribution is 2.12. The van der Waals surface area contributed by atoms with Crippen molar-refractivity contribution >= 4 is 10.4 Å². The summed E-state index contributed by atoms with van der Waals surface area (Å²) in [6.07, 6.45) is 26.2. The second-order valence-corrected chi connectivity index (χ2v) is 9.49. The predicted molar refractivity (Wildman–Crippen MR) is 130 cm³/mol. The number of hydrogen-bond acceptors (Lipinski definition) is 4. The van der Waals surface area contributed by atoms with Crippen LogP contribution in [-0.2, 0) is 14.6 Å². The number of rotatable bonds is 22. The third-order valence-corrected chi connectivity index (χ3v) is 5.75. The first-order valence-corrected chi connectivity index (χ1v) is 14.2. The SMILES string of the molecule is CCCCCCCCCCCCCCCCN.CCCCCCCCOS(=O)(=O)O. The van der Waals surface area contributed by atoms with Crippen LogP contribution in [0.3, 0.4) is 0 Å². The van der Waals surface area contributed by atoms with Gasteiger partial charge in [0.1, 0.15) is 0 Å². The maximum absolute atomic E-state index is 10.1. The van der Waals surface area contributed by atoms with E-state index in [1.54, 1.807) is 0 Å². The van der Waals surface area contributed by atoms with E-state index < -0.39 is 10.4 Å². The van der Waals surface area contributed by atoms with Gasteiger partial charge < -0.3 is 5.73 Å². The van der Waals surface area contributed by atoms with Gasteiger partial charge in [-0.15, -0.1) is 0 Å².